The largest absolute Gasteiger partial charge is 0.497 e. The van der Waals surface area contributed by atoms with E-state index in [-0.39, 0.29) is 24.4 Å². The number of hydrogen-bond donors (Lipinski definition) is 1. The summed E-state index contributed by atoms with van der Waals surface area (Å²) in [5.41, 5.74) is 0.725. The Bertz CT molecular complexity index is 819. The van der Waals surface area contributed by atoms with E-state index in [2.05, 4.69) is 20.4 Å². The minimum Gasteiger partial charge on any atom is -0.497 e. The summed E-state index contributed by atoms with van der Waals surface area (Å²) in [7, 11) is 1.61. The number of carbonyl (C=O) groups excluding carboxylic acids is 1. The fraction of sp³-hybridized carbons (Fsp3) is 0.571. The summed E-state index contributed by atoms with van der Waals surface area (Å²) in [6.45, 7) is 2.60. The minimum absolute atomic E-state index is 0.0131. The number of rotatable bonds is 6. The molecule has 8 nitrogen and oxygen atoms in total. The zero-order valence-electron chi connectivity index (χ0n) is 16.8. The second-order valence-electron chi connectivity index (χ2n) is 7.63. The molecular formula is C21H28N4O4. The number of ether oxygens (including phenoxy) is 2. The summed E-state index contributed by atoms with van der Waals surface area (Å²) >= 11 is 0. The molecule has 0 radical (unpaired) electrons. The van der Waals surface area contributed by atoms with Gasteiger partial charge in [-0.05, 0) is 44.4 Å². The number of anilines is 1. The number of amides is 1. The van der Waals surface area contributed by atoms with Crippen molar-refractivity contribution in [1.82, 2.24) is 15.1 Å². The third kappa shape index (κ3) is 4.94. The van der Waals surface area contributed by atoms with Gasteiger partial charge in [-0.1, -0.05) is 12.5 Å². The number of carbonyl (C=O) groups is 1. The van der Waals surface area contributed by atoms with Gasteiger partial charge in [0.1, 0.15) is 5.75 Å². The van der Waals surface area contributed by atoms with Crippen LogP contribution in [-0.4, -0.2) is 54.4 Å². The average Bonchev–Trinajstić information content (AvgIpc) is 3.25. The monoisotopic (exact) mass is 400 g/mol. The molecule has 2 aromatic rings. The first-order valence-electron chi connectivity index (χ1n) is 10.3. The maximum atomic E-state index is 12.6. The number of nitrogens with zero attached hydrogens (tertiary/aromatic N) is 3. The fourth-order valence-corrected chi connectivity index (χ4v) is 4.04. The summed E-state index contributed by atoms with van der Waals surface area (Å²) in [6, 6.07) is 7.35. The maximum Gasteiger partial charge on any atom is 0.238 e. The van der Waals surface area contributed by atoms with Crippen molar-refractivity contribution >= 4 is 11.6 Å². The van der Waals surface area contributed by atoms with Crippen molar-refractivity contribution in [2.45, 2.75) is 44.1 Å². The summed E-state index contributed by atoms with van der Waals surface area (Å²) in [6.07, 6.45) is 4.90. The number of piperidine rings is 1. The molecule has 1 atom stereocenters. The first-order chi connectivity index (χ1) is 14.2. The first kappa shape index (κ1) is 19.8. The zero-order valence-corrected chi connectivity index (χ0v) is 16.8. The molecular weight excluding hydrogens is 372 g/mol. The van der Waals surface area contributed by atoms with E-state index in [1.165, 1.54) is 0 Å². The summed E-state index contributed by atoms with van der Waals surface area (Å²) < 4.78 is 16.7. The Hall–Kier alpha value is -2.45. The van der Waals surface area contributed by atoms with Crippen LogP contribution >= 0.6 is 0 Å². The van der Waals surface area contributed by atoms with Gasteiger partial charge in [-0.15, -0.1) is 10.2 Å². The molecule has 0 aliphatic carbocycles. The molecule has 1 aromatic carbocycles. The van der Waals surface area contributed by atoms with Crippen molar-refractivity contribution in [3.05, 3.63) is 36.0 Å². The van der Waals surface area contributed by atoms with Crippen molar-refractivity contribution in [1.29, 1.82) is 0 Å². The van der Waals surface area contributed by atoms with Crippen molar-refractivity contribution in [2.24, 2.45) is 0 Å². The van der Waals surface area contributed by atoms with Gasteiger partial charge in [0.25, 0.3) is 0 Å². The molecule has 29 heavy (non-hydrogen) atoms. The van der Waals surface area contributed by atoms with E-state index in [0.717, 1.165) is 57.6 Å². The van der Waals surface area contributed by atoms with Gasteiger partial charge in [-0.2, -0.15) is 0 Å². The van der Waals surface area contributed by atoms with Gasteiger partial charge in [0, 0.05) is 30.9 Å². The highest BCUT2D eigenvalue weighted by atomic mass is 16.5. The second-order valence-corrected chi connectivity index (χ2v) is 7.63. The van der Waals surface area contributed by atoms with Crippen LogP contribution in [0.25, 0.3) is 0 Å². The summed E-state index contributed by atoms with van der Waals surface area (Å²) in [5.74, 6) is 2.26. The highest BCUT2D eigenvalue weighted by Crippen LogP contribution is 2.33. The van der Waals surface area contributed by atoms with E-state index in [1.807, 2.05) is 24.3 Å². The molecule has 156 valence electrons. The average molecular weight is 400 g/mol. The lowest BCUT2D eigenvalue weighted by molar-refractivity contribution is -0.118. The number of benzene rings is 1. The number of likely N-dealkylation sites (tertiary alicyclic amines) is 1. The molecule has 2 fully saturated rings. The van der Waals surface area contributed by atoms with E-state index in [9.17, 15) is 4.79 Å². The molecule has 2 saturated heterocycles. The number of hydrogen-bond acceptors (Lipinski definition) is 7. The van der Waals surface area contributed by atoms with E-state index in [4.69, 9.17) is 13.9 Å². The van der Waals surface area contributed by atoms with E-state index < -0.39 is 0 Å². The van der Waals surface area contributed by atoms with Gasteiger partial charge >= 0.3 is 0 Å². The van der Waals surface area contributed by atoms with Crippen LogP contribution in [0.2, 0.25) is 0 Å². The SMILES string of the molecule is COc1cccc(NC(=O)CN2CCCC[C@@H]2c2nnc(C3CCOCC3)o2)c1. The third-order valence-electron chi connectivity index (χ3n) is 5.63. The fourth-order valence-electron chi connectivity index (χ4n) is 4.04. The van der Waals surface area contributed by atoms with Gasteiger partial charge < -0.3 is 19.2 Å². The first-order valence-corrected chi connectivity index (χ1v) is 10.3. The van der Waals surface area contributed by atoms with Crippen LogP contribution in [0.3, 0.4) is 0 Å². The molecule has 0 unspecified atom stereocenters. The van der Waals surface area contributed by atoms with Gasteiger partial charge in [0.2, 0.25) is 17.7 Å². The Labute approximate surface area is 170 Å². The molecule has 4 rings (SSSR count). The Morgan fingerprint density at radius 2 is 2.03 bits per heavy atom. The lowest BCUT2D eigenvalue weighted by Crippen LogP contribution is -2.39. The quantitative estimate of drug-likeness (QED) is 0.797. The molecule has 0 saturated carbocycles. The van der Waals surface area contributed by atoms with Gasteiger partial charge in [-0.25, -0.2) is 0 Å². The van der Waals surface area contributed by atoms with Crippen molar-refractivity contribution in [3.8, 4) is 5.75 Å². The number of methoxy groups -OCH3 is 1. The van der Waals surface area contributed by atoms with Crippen LogP contribution < -0.4 is 10.1 Å². The molecule has 1 amide bonds. The van der Waals surface area contributed by atoms with Crippen LogP contribution in [0.1, 0.15) is 55.8 Å². The summed E-state index contributed by atoms with van der Waals surface area (Å²) in [4.78, 5) is 14.8. The van der Waals surface area contributed by atoms with Gasteiger partial charge in [0.05, 0.1) is 19.7 Å². The van der Waals surface area contributed by atoms with Crippen LogP contribution in [0, 0.1) is 0 Å². The lowest BCUT2D eigenvalue weighted by Gasteiger charge is -2.32. The molecule has 2 aliphatic rings. The van der Waals surface area contributed by atoms with E-state index >= 15 is 0 Å². The van der Waals surface area contributed by atoms with Crippen molar-refractivity contribution < 1.29 is 18.7 Å². The molecule has 1 N–H and O–H groups in total. The highest BCUT2D eigenvalue weighted by Gasteiger charge is 2.31. The van der Waals surface area contributed by atoms with Crippen LogP contribution in [0.15, 0.2) is 28.7 Å². The number of nitrogens with one attached hydrogen (secondary N) is 1. The van der Waals surface area contributed by atoms with Crippen LogP contribution in [0.5, 0.6) is 5.75 Å². The Morgan fingerprint density at radius 1 is 1.21 bits per heavy atom. The third-order valence-corrected chi connectivity index (χ3v) is 5.63. The zero-order chi connectivity index (χ0) is 20.1. The maximum absolute atomic E-state index is 12.6. The Kier molecular flexibility index (Phi) is 6.41. The molecule has 8 heteroatoms. The smallest absolute Gasteiger partial charge is 0.238 e. The van der Waals surface area contributed by atoms with Crippen LogP contribution in [-0.2, 0) is 9.53 Å². The molecule has 2 aliphatic heterocycles. The summed E-state index contributed by atoms with van der Waals surface area (Å²) in [5, 5.41) is 11.6. The molecule has 3 heterocycles. The normalized spacial score (nSPS) is 21.1. The van der Waals surface area contributed by atoms with Crippen molar-refractivity contribution in [3.63, 3.8) is 0 Å². The lowest BCUT2D eigenvalue weighted by atomic mass is 10.0. The molecule has 0 bridgehead atoms. The second kappa shape index (κ2) is 9.37. The Balaban J connectivity index is 1.40. The molecule has 0 spiro atoms. The minimum atomic E-state index is -0.0608. The number of aromatic nitrogens is 2. The molecule has 1 aromatic heterocycles. The van der Waals surface area contributed by atoms with Crippen LogP contribution in [0.4, 0.5) is 5.69 Å². The Morgan fingerprint density at radius 3 is 2.86 bits per heavy atom. The highest BCUT2D eigenvalue weighted by molar-refractivity contribution is 5.92. The van der Waals surface area contributed by atoms with Gasteiger partial charge in [-0.3, -0.25) is 9.69 Å². The predicted molar refractivity (Wildman–Crippen MR) is 107 cm³/mol. The topological polar surface area (TPSA) is 89.7 Å². The predicted octanol–water partition coefficient (Wildman–Crippen LogP) is 3.14. The van der Waals surface area contributed by atoms with Crippen molar-refractivity contribution in [2.75, 3.05) is 38.7 Å². The van der Waals surface area contributed by atoms with E-state index in [0.29, 0.717) is 17.5 Å². The standard InChI is InChI=1S/C21H28N4O4/c1-27-17-6-4-5-16(13-17)22-19(26)14-25-10-3-2-7-18(25)21-24-23-20(29-21)15-8-11-28-12-9-15/h4-6,13,15,18H,2-3,7-12,14H2,1H3,(H,22,26)/t18-/m1/s1. The van der Waals surface area contributed by atoms with E-state index in [1.54, 1.807) is 7.11 Å². The van der Waals surface area contributed by atoms with Gasteiger partial charge in [0.15, 0.2) is 0 Å².